The van der Waals surface area contributed by atoms with Gasteiger partial charge in [-0.2, -0.15) is 5.10 Å². The highest BCUT2D eigenvalue weighted by Crippen LogP contribution is 2.36. The molecule has 128 valence electrons. The number of aromatic nitrogens is 2. The summed E-state index contributed by atoms with van der Waals surface area (Å²) < 4.78 is 0. The van der Waals surface area contributed by atoms with Gasteiger partial charge in [0.15, 0.2) is 0 Å². The van der Waals surface area contributed by atoms with Crippen LogP contribution >= 0.6 is 0 Å². The lowest BCUT2D eigenvalue weighted by molar-refractivity contribution is 0.295. The van der Waals surface area contributed by atoms with Crippen LogP contribution < -0.4 is 4.90 Å². The minimum Gasteiger partial charge on any atom is -0.372 e. The number of nitrogens with zero attached hydrogens (tertiary/aromatic N) is 3. The van der Waals surface area contributed by atoms with E-state index in [1.165, 1.54) is 53.7 Å². The third-order valence-electron chi connectivity index (χ3n) is 5.77. The van der Waals surface area contributed by atoms with Crippen molar-refractivity contribution in [3.63, 3.8) is 0 Å². The summed E-state index contributed by atoms with van der Waals surface area (Å²) in [6.45, 7) is 4.52. The van der Waals surface area contributed by atoms with Crippen molar-refractivity contribution >= 4 is 16.6 Å². The molecule has 0 spiro atoms. The van der Waals surface area contributed by atoms with E-state index in [9.17, 15) is 0 Å². The zero-order chi connectivity index (χ0) is 16.8. The molecule has 2 aliphatic heterocycles. The van der Waals surface area contributed by atoms with Crippen LogP contribution in [-0.2, 0) is 6.54 Å². The van der Waals surface area contributed by atoms with E-state index in [1.807, 2.05) is 6.20 Å². The molecule has 1 fully saturated rings. The number of rotatable bonds is 2. The largest absolute Gasteiger partial charge is 0.372 e. The molecule has 0 amide bonds. The summed E-state index contributed by atoms with van der Waals surface area (Å²) in [5.74, 6) is 0.431. The molecule has 0 saturated carbocycles. The van der Waals surface area contributed by atoms with Gasteiger partial charge in [0.2, 0.25) is 0 Å². The minimum atomic E-state index is 0.431. The summed E-state index contributed by atoms with van der Waals surface area (Å²) in [5.41, 5.74) is 6.86. The molecule has 4 heteroatoms. The normalized spacial score (nSPS) is 21.0. The molecule has 3 heterocycles. The van der Waals surface area contributed by atoms with Gasteiger partial charge in [-0.3, -0.25) is 5.10 Å². The lowest BCUT2D eigenvalue weighted by Gasteiger charge is -2.33. The summed E-state index contributed by atoms with van der Waals surface area (Å²) in [4.78, 5) is 4.97. The SMILES string of the molecule is CN1Cc2cc(N3CCCC3)ccc2C(c2ccc3[nH]ncc3c2)C1. The van der Waals surface area contributed by atoms with Gasteiger partial charge in [0.05, 0.1) is 11.7 Å². The van der Waals surface area contributed by atoms with Crippen LogP contribution in [0, 0.1) is 0 Å². The van der Waals surface area contributed by atoms with Crippen molar-refractivity contribution in [2.45, 2.75) is 25.3 Å². The third kappa shape index (κ3) is 2.61. The van der Waals surface area contributed by atoms with Gasteiger partial charge in [0.25, 0.3) is 0 Å². The summed E-state index contributed by atoms with van der Waals surface area (Å²) in [6, 6.07) is 13.8. The van der Waals surface area contributed by atoms with E-state index in [-0.39, 0.29) is 0 Å². The third-order valence-corrected chi connectivity index (χ3v) is 5.77. The molecule has 4 nitrogen and oxygen atoms in total. The van der Waals surface area contributed by atoms with Crippen LogP contribution in [-0.4, -0.2) is 41.8 Å². The van der Waals surface area contributed by atoms with Gasteiger partial charge in [-0.05, 0) is 60.8 Å². The minimum absolute atomic E-state index is 0.431. The molecule has 1 atom stereocenters. The Hall–Kier alpha value is -2.33. The van der Waals surface area contributed by atoms with E-state index in [0.717, 1.165) is 18.6 Å². The van der Waals surface area contributed by atoms with E-state index in [4.69, 9.17) is 0 Å². The van der Waals surface area contributed by atoms with Crippen molar-refractivity contribution < 1.29 is 0 Å². The van der Waals surface area contributed by atoms with Gasteiger partial charge in [-0.1, -0.05) is 12.1 Å². The molecule has 1 saturated heterocycles. The van der Waals surface area contributed by atoms with Crippen molar-refractivity contribution in [3.8, 4) is 0 Å². The first kappa shape index (κ1) is 15.0. The molecular weight excluding hydrogens is 308 g/mol. The molecule has 3 aromatic rings. The fourth-order valence-electron chi connectivity index (χ4n) is 4.47. The molecule has 2 aromatic carbocycles. The fraction of sp³-hybridized carbons (Fsp3) is 0.381. The Labute approximate surface area is 148 Å². The maximum absolute atomic E-state index is 4.16. The smallest absolute Gasteiger partial charge is 0.0650 e. The number of hydrogen-bond acceptors (Lipinski definition) is 3. The van der Waals surface area contributed by atoms with Crippen molar-refractivity contribution in [2.75, 3.05) is 31.6 Å². The zero-order valence-electron chi connectivity index (χ0n) is 14.7. The van der Waals surface area contributed by atoms with Gasteiger partial charge in [0, 0.05) is 43.2 Å². The van der Waals surface area contributed by atoms with Gasteiger partial charge in [-0.15, -0.1) is 0 Å². The fourth-order valence-corrected chi connectivity index (χ4v) is 4.47. The predicted octanol–water partition coefficient (Wildman–Crippen LogP) is 3.74. The van der Waals surface area contributed by atoms with E-state index >= 15 is 0 Å². The number of benzene rings is 2. The molecule has 1 N–H and O–H groups in total. The van der Waals surface area contributed by atoms with E-state index in [2.05, 4.69) is 63.4 Å². The molecule has 0 radical (unpaired) electrons. The molecular formula is C21H24N4. The molecule has 0 bridgehead atoms. The van der Waals surface area contributed by atoms with Crippen LogP contribution in [0.3, 0.4) is 0 Å². The van der Waals surface area contributed by atoms with Crippen LogP contribution in [0.2, 0.25) is 0 Å². The maximum Gasteiger partial charge on any atom is 0.0650 e. The van der Waals surface area contributed by atoms with Crippen molar-refractivity contribution in [2.24, 2.45) is 0 Å². The lowest BCUT2D eigenvalue weighted by atomic mass is 9.84. The molecule has 5 rings (SSSR count). The van der Waals surface area contributed by atoms with Crippen LogP contribution in [0.1, 0.15) is 35.4 Å². The Morgan fingerprint density at radius 3 is 2.84 bits per heavy atom. The molecule has 1 unspecified atom stereocenters. The molecule has 2 aliphatic rings. The number of nitrogens with one attached hydrogen (secondary N) is 1. The van der Waals surface area contributed by atoms with Crippen LogP contribution in [0.4, 0.5) is 5.69 Å². The van der Waals surface area contributed by atoms with E-state index < -0.39 is 0 Å². The summed E-state index contributed by atoms with van der Waals surface area (Å²) >= 11 is 0. The Morgan fingerprint density at radius 2 is 1.96 bits per heavy atom. The number of likely N-dealkylation sites (N-methyl/N-ethyl adjacent to an activating group) is 1. The van der Waals surface area contributed by atoms with E-state index in [0.29, 0.717) is 5.92 Å². The number of H-pyrrole nitrogens is 1. The van der Waals surface area contributed by atoms with Gasteiger partial charge in [-0.25, -0.2) is 0 Å². The first-order chi connectivity index (χ1) is 12.3. The molecule has 25 heavy (non-hydrogen) atoms. The summed E-state index contributed by atoms with van der Waals surface area (Å²) in [7, 11) is 2.23. The Bertz CT molecular complexity index is 907. The first-order valence-electron chi connectivity index (χ1n) is 9.27. The highest BCUT2D eigenvalue weighted by molar-refractivity contribution is 5.79. The number of anilines is 1. The second kappa shape index (κ2) is 5.88. The zero-order valence-corrected chi connectivity index (χ0v) is 14.7. The highest BCUT2D eigenvalue weighted by atomic mass is 15.1. The first-order valence-corrected chi connectivity index (χ1v) is 9.27. The standard InChI is InChI=1S/C21H24N4/c1-24-13-17-11-18(25-8-2-3-9-25)5-6-19(17)20(14-24)15-4-7-21-16(10-15)12-22-23-21/h4-7,10-12,20H,2-3,8-9,13-14H2,1H3,(H,22,23). The number of fused-ring (bicyclic) bond motifs is 2. The molecule has 0 aliphatic carbocycles. The van der Waals surface area contributed by atoms with Crippen molar-refractivity contribution in [1.29, 1.82) is 0 Å². The topological polar surface area (TPSA) is 35.2 Å². The summed E-state index contributed by atoms with van der Waals surface area (Å²) in [6.07, 6.45) is 4.57. The highest BCUT2D eigenvalue weighted by Gasteiger charge is 2.26. The predicted molar refractivity (Wildman–Crippen MR) is 102 cm³/mol. The number of aromatic amines is 1. The maximum atomic E-state index is 4.16. The summed E-state index contributed by atoms with van der Waals surface area (Å²) in [5, 5.41) is 8.41. The van der Waals surface area contributed by atoms with Crippen LogP contribution in [0.15, 0.2) is 42.6 Å². The van der Waals surface area contributed by atoms with Gasteiger partial charge in [0.1, 0.15) is 0 Å². The Morgan fingerprint density at radius 1 is 1.08 bits per heavy atom. The second-order valence-electron chi connectivity index (χ2n) is 7.54. The Kier molecular flexibility index (Phi) is 3.52. The van der Waals surface area contributed by atoms with Crippen LogP contribution in [0.5, 0.6) is 0 Å². The van der Waals surface area contributed by atoms with Crippen LogP contribution in [0.25, 0.3) is 10.9 Å². The number of hydrogen-bond donors (Lipinski definition) is 1. The van der Waals surface area contributed by atoms with E-state index in [1.54, 1.807) is 0 Å². The van der Waals surface area contributed by atoms with Crippen molar-refractivity contribution in [1.82, 2.24) is 15.1 Å². The average molecular weight is 332 g/mol. The molecule has 1 aromatic heterocycles. The quantitative estimate of drug-likeness (QED) is 0.776. The van der Waals surface area contributed by atoms with Gasteiger partial charge >= 0.3 is 0 Å². The second-order valence-corrected chi connectivity index (χ2v) is 7.54. The monoisotopic (exact) mass is 332 g/mol. The van der Waals surface area contributed by atoms with Crippen molar-refractivity contribution in [3.05, 3.63) is 59.3 Å². The van der Waals surface area contributed by atoms with Gasteiger partial charge < -0.3 is 9.80 Å². The Balaban J connectivity index is 1.55. The lowest BCUT2D eigenvalue weighted by Crippen LogP contribution is -2.31. The average Bonchev–Trinajstić information content (AvgIpc) is 3.31.